The quantitative estimate of drug-likeness (QED) is 0.616. The Morgan fingerprint density at radius 2 is 1.89 bits per heavy atom. The van der Waals surface area contributed by atoms with Crippen molar-refractivity contribution < 1.29 is 9.47 Å². The highest BCUT2D eigenvalue weighted by atomic mass is 16.5. The summed E-state index contributed by atoms with van der Waals surface area (Å²) >= 11 is 0. The fourth-order valence-corrected chi connectivity index (χ4v) is 1.74. The number of hydrogen-bond donors (Lipinski definition) is 1. The zero-order chi connectivity index (χ0) is 14.9. The molecule has 1 atom stereocenters. The van der Waals surface area contributed by atoms with Crippen molar-refractivity contribution in [3.05, 3.63) is 12.2 Å². The predicted octanol–water partition coefficient (Wildman–Crippen LogP) is 1.91. The van der Waals surface area contributed by atoms with Crippen molar-refractivity contribution in [2.45, 2.75) is 39.3 Å². The molecule has 0 aliphatic heterocycles. The number of methoxy groups -OCH3 is 2. The summed E-state index contributed by atoms with van der Waals surface area (Å²) in [4.78, 5) is 2.35. The molecule has 19 heavy (non-hydrogen) atoms. The average Bonchev–Trinajstić information content (AvgIpc) is 2.31. The molecule has 0 spiro atoms. The number of nitrogens with zero attached hydrogens (tertiary/aromatic N) is 1. The van der Waals surface area contributed by atoms with Crippen LogP contribution in [0.25, 0.3) is 0 Å². The Hall–Kier alpha value is -0.420. The van der Waals surface area contributed by atoms with E-state index in [1.54, 1.807) is 14.2 Å². The zero-order valence-electron chi connectivity index (χ0n) is 13.6. The van der Waals surface area contributed by atoms with Gasteiger partial charge < -0.3 is 14.8 Å². The van der Waals surface area contributed by atoms with Gasteiger partial charge in [-0.3, -0.25) is 4.90 Å². The molecule has 0 aliphatic rings. The van der Waals surface area contributed by atoms with Crippen molar-refractivity contribution >= 4 is 0 Å². The summed E-state index contributed by atoms with van der Waals surface area (Å²) < 4.78 is 10.4. The molecule has 0 aromatic carbocycles. The van der Waals surface area contributed by atoms with Gasteiger partial charge in [-0.1, -0.05) is 6.58 Å². The van der Waals surface area contributed by atoms with Crippen LogP contribution in [0.3, 0.4) is 0 Å². The van der Waals surface area contributed by atoms with Crippen molar-refractivity contribution in [2.75, 3.05) is 47.1 Å². The lowest BCUT2D eigenvalue weighted by Crippen LogP contribution is -2.42. The number of hydrogen-bond acceptors (Lipinski definition) is 4. The first-order valence-corrected chi connectivity index (χ1v) is 6.93. The summed E-state index contributed by atoms with van der Waals surface area (Å²) in [5, 5.41) is 3.47. The van der Waals surface area contributed by atoms with Crippen LogP contribution in [0.2, 0.25) is 0 Å². The van der Waals surface area contributed by atoms with Gasteiger partial charge in [0.2, 0.25) is 0 Å². The summed E-state index contributed by atoms with van der Waals surface area (Å²) in [6.07, 6.45) is 0. The van der Waals surface area contributed by atoms with Crippen LogP contribution in [0.1, 0.15) is 27.7 Å². The highest BCUT2D eigenvalue weighted by molar-refractivity contribution is 5.01. The van der Waals surface area contributed by atoms with Crippen LogP contribution in [-0.2, 0) is 9.47 Å². The van der Waals surface area contributed by atoms with Crippen molar-refractivity contribution in [1.29, 1.82) is 0 Å². The number of ether oxygens (including phenoxy) is 2. The van der Waals surface area contributed by atoms with E-state index in [1.165, 1.54) is 5.57 Å². The molecule has 0 bridgehead atoms. The second-order valence-corrected chi connectivity index (χ2v) is 6.12. The van der Waals surface area contributed by atoms with Gasteiger partial charge in [0.05, 0.1) is 13.2 Å². The van der Waals surface area contributed by atoms with E-state index in [0.717, 1.165) is 32.8 Å². The van der Waals surface area contributed by atoms with Crippen LogP contribution in [0.5, 0.6) is 0 Å². The molecule has 0 aromatic heterocycles. The molecule has 1 unspecified atom stereocenters. The molecule has 0 fully saturated rings. The van der Waals surface area contributed by atoms with E-state index >= 15 is 0 Å². The van der Waals surface area contributed by atoms with Crippen LogP contribution in [0, 0.1) is 0 Å². The van der Waals surface area contributed by atoms with Gasteiger partial charge in [-0.05, 0) is 33.3 Å². The zero-order valence-corrected chi connectivity index (χ0v) is 13.6. The first kappa shape index (κ1) is 18.6. The maximum Gasteiger partial charge on any atom is 0.0615 e. The molecule has 4 heteroatoms. The van der Waals surface area contributed by atoms with Crippen molar-refractivity contribution in [3.8, 4) is 0 Å². The molecular formula is C15H32N2O2. The third kappa shape index (κ3) is 10.1. The van der Waals surface area contributed by atoms with Gasteiger partial charge in [-0.15, -0.1) is 0 Å². The summed E-state index contributed by atoms with van der Waals surface area (Å²) in [6, 6.07) is 0.367. The second-order valence-electron chi connectivity index (χ2n) is 6.12. The van der Waals surface area contributed by atoms with Gasteiger partial charge in [0.1, 0.15) is 0 Å². The summed E-state index contributed by atoms with van der Waals surface area (Å²) in [7, 11) is 3.47. The molecule has 0 saturated heterocycles. The van der Waals surface area contributed by atoms with Crippen LogP contribution in [-0.4, -0.2) is 63.5 Å². The van der Waals surface area contributed by atoms with Gasteiger partial charge in [-0.2, -0.15) is 0 Å². The highest BCUT2D eigenvalue weighted by Gasteiger charge is 2.15. The number of nitrogens with one attached hydrogen (secondary N) is 1. The van der Waals surface area contributed by atoms with Gasteiger partial charge >= 0.3 is 0 Å². The molecule has 0 amide bonds. The Balaban J connectivity index is 4.25. The Bertz CT molecular complexity index is 249. The summed E-state index contributed by atoms with van der Waals surface area (Å²) in [5.74, 6) is 0. The number of rotatable bonds is 10. The predicted molar refractivity (Wildman–Crippen MR) is 81.7 cm³/mol. The maximum atomic E-state index is 5.23. The lowest BCUT2D eigenvalue weighted by molar-refractivity contribution is 0.0806. The second kappa shape index (κ2) is 9.48. The van der Waals surface area contributed by atoms with E-state index in [4.69, 9.17) is 9.47 Å². The van der Waals surface area contributed by atoms with Gasteiger partial charge in [0.25, 0.3) is 0 Å². The van der Waals surface area contributed by atoms with Crippen LogP contribution >= 0.6 is 0 Å². The lowest BCUT2D eigenvalue weighted by Gasteiger charge is -2.30. The fourth-order valence-electron chi connectivity index (χ4n) is 1.74. The molecular weight excluding hydrogens is 240 g/mol. The molecule has 0 radical (unpaired) electrons. The monoisotopic (exact) mass is 272 g/mol. The average molecular weight is 272 g/mol. The topological polar surface area (TPSA) is 33.7 Å². The minimum atomic E-state index is 0.123. The minimum absolute atomic E-state index is 0.123. The van der Waals surface area contributed by atoms with Crippen molar-refractivity contribution in [2.24, 2.45) is 0 Å². The van der Waals surface area contributed by atoms with Crippen molar-refractivity contribution in [1.82, 2.24) is 10.2 Å². The van der Waals surface area contributed by atoms with E-state index in [1.807, 2.05) is 0 Å². The van der Waals surface area contributed by atoms with Gasteiger partial charge in [0.15, 0.2) is 0 Å². The van der Waals surface area contributed by atoms with E-state index in [9.17, 15) is 0 Å². The molecule has 0 aliphatic carbocycles. The normalized spacial score (nSPS) is 13.8. The molecule has 0 saturated carbocycles. The largest absolute Gasteiger partial charge is 0.383 e. The Labute approximate surface area is 119 Å². The van der Waals surface area contributed by atoms with E-state index in [0.29, 0.717) is 6.04 Å². The Morgan fingerprint density at radius 3 is 2.37 bits per heavy atom. The maximum absolute atomic E-state index is 5.23. The van der Waals surface area contributed by atoms with E-state index in [2.05, 4.69) is 44.5 Å². The third-order valence-corrected chi connectivity index (χ3v) is 2.91. The van der Waals surface area contributed by atoms with Crippen LogP contribution in [0.4, 0.5) is 0 Å². The molecule has 0 heterocycles. The molecule has 1 N–H and O–H groups in total. The van der Waals surface area contributed by atoms with E-state index < -0.39 is 0 Å². The van der Waals surface area contributed by atoms with E-state index in [-0.39, 0.29) is 5.54 Å². The van der Waals surface area contributed by atoms with Crippen LogP contribution < -0.4 is 5.32 Å². The third-order valence-electron chi connectivity index (χ3n) is 2.91. The lowest BCUT2D eigenvalue weighted by atomic mass is 10.1. The Morgan fingerprint density at radius 1 is 1.26 bits per heavy atom. The Kier molecular flexibility index (Phi) is 9.27. The molecule has 114 valence electrons. The molecule has 4 nitrogen and oxygen atoms in total. The minimum Gasteiger partial charge on any atom is -0.383 e. The van der Waals surface area contributed by atoms with Crippen LogP contribution in [0.15, 0.2) is 12.2 Å². The molecule has 0 aromatic rings. The first-order valence-electron chi connectivity index (χ1n) is 6.93. The van der Waals surface area contributed by atoms with Gasteiger partial charge in [-0.25, -0.2) is 0 Å². The fraction of sp³-hybridized carbons (Fsp3) is 0.867. The molecule has 0 rings (SSSR count). The standard InChI is InChI=1S/C15H32N2O2/c1-13(10-16-15(3,4)5)11-17(8-9-18-6)14(2)12-19-7/h14,16H,1,8-12H2,2-7H3. The summed E-state index contributed by atoms with van der Waals surface area (Å²) in [6.45, 7) is 16.9. The van der Waals surface area contributed by atoms with Crippen molar-refractivity contribution in [3.63, 3.8) is 0 Å². The van der Waals surface area contributed by atoms with Gasteiger partial charge in [0, 0.05) is 45.4 Å². The highest BCUT2D eigenvalue weighted by Crippen LogP contribution is 2.05. The smallest absolute Gasteiger partial charge is 0.0615 e. The summed E-state index contributed by atoms with van der Waals surface area (Å²) in [5.41, 5.74) is 1.31. The SMILES string of the molecule is C=C(CNC(C)(C)C)CN(CCOC)C(C)COC. The first-order chi connectivity index (χ1) is 8.80.